The van der Waals surface area contributed by atoms with E-state index in [9.17, 15) is 0 Å². The van der Waals surface area contributed by atoms with E-state index in [-0.39, 0.29) is 0 Å². The molecule has 0 saturated heterocycles. The maximum absolute atomic E-state index is 2.57. The molecule has 0 unspecified atom stereocenters. The summed E-state index contributed by atoms with van der Waals surface area (Å²) in [5.41, 5.74) is 0. The van der Waals surface area contributed by atoms with Gasteiger partial charge in [0, 0.05) is 6.42 Å². The molecule has 2 heteroatoms. The molecule has 0 radical (unpaired) electrons. The summed E-state index contributed by atoms with van der Waals surface area (Å²) < 4.78 is 5.05. The standard InChI is InChI=1S/C33H65N2/c1-4-7-9-11-13-15-17-18-20-22-24-26-28-30-35-32-31-34(6-3)33(35)29-27-25-23-21-19-16-14-12-10-8-5-2/h31-32H,4-30H2,1-3H3/q+1. The third kappa shape index (κ3) is 18.2. The summed E-state index contributed by atoms with van der Waals surface area (Å²) in [7, 11) is 0. The molecule has 0 N–H and O–H groups in total. The molecule has 0 aliphatic heterocycles. The van der Waals surface area contributed by atoms with Crippen LogP contribution in [0.5, 0.6) is 0 Å². The first-order valence-corrected chi connectivity index (χ1v) is 16.4. The molecule has 206 valence electrons. The molecule has 0 amide bonds. The van der Waals surface area contributed by atoms with Crippen LogP contribution >= 0.6 is 0 Å². The molecule has 0 fully saturated rings. The van der Waals surface area contributed by atoms with Gasteiger partial charge in [-0.1, -0.05) is 149 Å². The number of nitrogens with zero attached hydrogens (tertiary/aromatic N) is 2. The predicted molar refractivity (Wildman–Crippen MR) is 156 cm³/mol. The van der Waals surface area contributed by atoms with Crippen molar-refractivity contribution in [3.63, 3.8) is 0 Å². The lowest BCUT2D eigenvalue weighted by atomic mass is 10.0. The molecule has 0 saturated carbocycles. The van der Waals surface area contributed by atoms with Crippen LogP contribution < -0.4 is 4.57 Å². The Morgan fingerprint density at radius 2 is 0.857 bits per heavy atom. The van der Waals surface area contributed by atoms with E-state index >= 15 is 0 Å². The van der Waals surface area contributed by atoms with Gasteiger partial charge in [-0.3, -0.25) is 0 Å². The average Bonchev–Trinajstić information content (AvgIpc) is 3.27. The third-order valence-corrected chi connectivity index (χ3v) is 7.94. The maximum Gasteiger partial charge on any atom is 0.256 e. The van der Waals surface area contributed by atoms with Crippen molar-refractivity contribution in [1.82, 2.24) is 4.57 Å². The lowest BCUT2D eigenvalue weighted by Crippen LogP contribution is -2.36. The monoisotopic (exact) mass is 490 g/mol. The number of hydrogen-bond acceptors (Lipinski definition) is 0. The van der Waals surface area contributed by atoms with Gasteiger partial charge in [-0.05, 0) is 26.2 Å². The molecular formula is C33H65N2+. The second-order valence-electron chi connectivity index (χ2n) is 11.2. The second kappa shape index (κ2) is 24.9. The highest BCUT2D eigenvalue weighted by Crippen LogP contribution is 2.15. The van der Waals surface area contributed by atoms with E-state index in [0.29, 0.717) is 0 Å². The summed E-state index contributed by atoms with van der Waals surface area (Å²) in [6.45, 7) is 9.23. The number of aromatic nitrogens is 2. The van der Waals surface area contributed by atoms with E-state index in [2.05, 4.69) is 42.3 Å². The Morgan fingerprint density at radius 1 is 0.486 bits per heavy atom. The molecule has 2 nitrogen and oxygen atoms in total. The maximum atomic E-state index is 2.57. The molecule has 0 spiro atoms. The molecule has 0 aliphatic rings. The fraction of sp³-hybridized carbons (Fsp3) is 0.909. The summed E-state index contributed by atoms with van der Waals surface area (Å²) >= 11 is 0. The van der Waals surface area contributed by atoms with Crippen molar-refractivity contribution >= 4 is 0 Å². The van der Waals surface area contributed by atoms with Crippen molar-refractivity contribution in [2.75, 3.05) is 0 Å². The average molecular weight is 490 g/mol. The molecule has 1 aromatic heterocycles. The van der Waals surface area contributed by atoms with Gasteiger partial charge in [0.05, 0.1) is 13.1 Å². The first kappa shape index (κ1) is 32.2. The lowest BCUT2D eigenvalue weighted by Gasteiger charge is -2.06. The minimum Gasteiger partial charge on any atom is -0.235 e. The van der Waals surface area contributed by atoms with Crippen LogP contribution in [0.3, 0.4) is 0 Å². The number of unbranched alkanes of at least 4 members (excludes halogenated alkanes) is 22. The Balaban J connectivity index is 2.03. The van der Waals surface area contributed by atoms with Gasteiger partial charge in [-0.25, -0.2) is 9.13 Å². The summed E-state index contributed by atoms with van der Waals surface area (Å²) in [6.07, 6.45) is 40.3. The first-order chi connectivity index (χ1) is 17.3. The van der Waals surface area contributed by atoms with Crippen molar-refractivity contribution in [2.24, 2.45) is 0 Å². The van der Waals surface area contributed by atoms with Crippen LogP contribution in [0.4, 0.5) is 0 Å². The van der Waals surface area contributed by atoms with Crippen molar-refractivity contribution < 1.29 is 4.57 Å². The molecule has 0 aromatic carbocycles. The van der Waals surface area contributed by atoms with Crippen LogP contribution in [0, 0.1) is 0 Å². The van der Waals surface area contributed by atoms with Gasteiger partial charge in [0.25, 0.3) is 5.82 Å². The summed E-state index contributed by atoms with van der Waals surface area (Å²) in [5, 5.41) is 0. The van der Waals surface area contributed by atoms with Gasteiger partial charge >= 0.3 is 0 Å². The number of hydrogen-bond donors (Lipinski definition) is 0. The van der Waals surface area contributed by atoms with E-state index < -0.39 is 0 Å². The molecule has 1 rings (SSSR count). The second-order valence-corrected chi connectivity index (χ2v) is 11.2. The van der Waals surface area contributed by atoms with Crippen LogP contribution in [0.15, 0.2) is 12.4 Å². The van der Waals surface area contributed by atoms with Crippen molar-refractivity contribution in [2.45, 2.75) is 194 Å². The van der Waals surface area contributed by atoms with E-state index in [0.717, 1.165) is 6.54 Å². The number of imidazole rings is 1. The third-order valence-electron chi connectivity index (χ3n) is 7.94. The van der Waals surface area contributed by atoms with E-state index in [1.165, 1.54) is 167 Å². The minimum absolute atomic E-state index is 1.11. The molecule has 1 heterocycles. The highest BCUT2D eigenvalue weighted by Gasteiger charge is 2.15. The molecule has 0 atom stereocenters. The van der Waals surface area contributed by atoms with E-state index in [4.69, 9.17) is 0 Å². The number of aryl methyl sites for hydroxylation is 2. The lowest BCUT2D eigenvalue weighted by molar-refractivity contribution is -0.700. The van der Waals surface area contributed by atoms with Gasteiger partial charge in [0.2, 0.25) is 0 Å². The fourth-order valence-corrected chi connectivity index (χ4v) is 5.52. The van der Waals surface area contributed by atoms with Crippen molar-refractivity contribution in [1.29, 1.82) is 0 Å². The van der Waals surface area contributed by atoms with Gasteiger partial charge < -0.3 is 0 Å². The quantitative estimate of drug-likeness (QED) is 0.0858. The Hall–Kier alpha value is -0.790. The highest BCUT2D eigenvalue weighted by atomic mass is 15.1. The largest absolute Gasteiger partial charge is 0.256 e. The summed E-state index contributed by atoms with van der Waals surface area (Å²) in [5.74, 6) is 1.57. The smallest absolute Gasteiger partial charge is 0.235 e. The Bertz CT molecular complexity index is 547. The zero-order chi connectivity index (χ0) is 25.2. The van der Waals surface area contributed by atoms with Gasteiger partial charge in [0.15, 0.2) is 0 Å². The zero-order valence-electron chi connectivity index (χ0n) is 24.6. The molecular weight excluding hydrogens is 424 g/mol. The fourth-order valence-electron chi connectivity index (χ4n) is 5.52. The normalized spacial score (nSPS) is 11.5. The molecule has 0 bridgehead atoms. The Kier molecular flexibility index (Phi) is 22.9. The van der Waals surface area contributed by atoms with E-state index in [1.807, 2.05) is 0 Å². The van der Waals surface area contributed by atoms with Crippen LogP contribution in [0.25, 0.3) is 0 Å². The van der Waals surface area contributed by atoms with Crippen molar-refractivity contribution in [3.05, 3.63) is 18.2 Å². The van der Waals surface area contributed by atoms with Crippen LogP contribution in [0.1, 0.15) is 181 Å². The predicted octanol–water partition coefficient (Wildman–Crippen LogP) is 10.7. The van der Waals surface area contributed by atoms with Crippen LogP contribution in [-0.4, -0.2) is 4.57 Å². The molecule has 1 aromatic rings. The summed E-state index contributed by atoms with van der Waals surface area (Å²) in [4.78, 5) is 0. The topological polar surface area (TPSA) is 8.81 Å². The SMILES string of the molecule is CCCCCCCCCCCCCCCn1cc[n+](CC)c1CCCCCCCCCCCCC. The van der Waals surface area contributed by atoms with Crippen LogP contribution in [0.2, 0.25) is 0 Å². The molecule has 35 heavy (non-hydrogen) atoms. The highest BCUT2D eigenvalue weighted by molar-refractivity contribution is 4.84. The van der Waals surface area contributed by atoms with Gasteiger partial charge in [-0.15, -0.1) is 0 Å². The minimum atomic E-state index is 1.11. The van der Waals surface area contributed by atoms with E-state index in [1.54, 1.807) is 5.82 Å². The summed E-state index contributed by atoms with van der Waals surface area (Å²) in [6, 6.07) is 0. The van der Waals surface area contributed by atoms with Crippen LogP contribution in [-0.2, 0) is 19.5 Å². The van der Waals surface area contributed by atoms with Crippen molar-refractivity contribution in [3.8, 4) is 0 Å². The Labute approximate surface area is 221 Å². The zero-order valence-corrected chi connectivity index (χ0v) is 24.6. The number of rotatable bonds is 27. The molecule has 0 aliphatic carbocycles. The Morgan fingerprint density at radius 3 is 1.26 bits per heavy atom. The van der Waals surface area contributed by atoms with Gasteiger partial charge in [-0.2, -0.15) is 0 Å². The first-order valence-electron chi connectivity index (χ1n) is 16.4. The van der Waals surface area contributed by atoms with Gasteiger partial charge in [0.1, 0.15) is 12.4 Å².